The topological polar surface area (TPSA) is 75.7 Å². The van der Waals surface area contributed by atoms with Gasteiger partial charge >= 0.3 is 0 Å². The largest absolute Gasteiger partial charge is 0.491 e. The second-order valence-electron chi connectivity index (χ2n) is 8.53. The summed E-state index contributed by atoms with van der Waals surface area (Å²) in [6.07, 6.45) is 1.57. The highest BCUT2D eigenvalue weighted by Crippen LogP contribution is 2.28. The molecule has 1 N–H and O–H groups in total. The van der Waals surface area contributed by atoms with Gasteiger partial charge < -0.3 is 10.1 Å². The fourth-order valence-corrected chi connectivity index (χ4v) is 5.13. The summed E-state index contributed by atoms with van der Waals surface area (Å²) in [6.45, 7) is 5.86. The van der Waals surface area contributed by atoms with Gasteiger partial charge in [-0.15, -0.1) is 0 Å². The van der Waals surface area contributed by atoms with Crippen molar-refractivity contribution in [2.24, 2.45) is 0 Å². The summed E-state index contributed by atoms with van der Waals surface area (Å²) in [5, 5.41) is 3.27. The molecule has 0 spiro atoms. The molecule has 0 saturated carbocycles. The molecule has 0 bridgehead atoms. The van der Waals surface area contributed by atoms with Crippen LogP contribution < -0.4 is 14.4 Å². The Morgan fingerprint density at radius 3 is 2.46 bits per heavy atom. The van der Waals surface area contributed by atoms with Crippen LogP contribution in [0.25, 0.3) is 0 Å². The van der Waals surface area contributed by atoms with Crippen molar-refractivity contribution in [2.75, 3.05) is 17.4 Å². The summed E-state index contributed by atoms with van der Waals surface area (Å²) in [5.41, 5.74) is 2.27. The number of benzene rings is 3. The fraction of sp³-hybridized carbons (Fsp3) is 0.296. The Balaban J connectivity index is 1.66. The molecule has 0 aliphatic rings. The molecule has 35 heavy (non-hydrogen) atoms. The van der Waals surface area contributed by atoms with E-state index in [4.69, 9.17) is 16.3 Å². The van der Waals surface area contributed by atoms with Gasteiger partial charge in [0.2, 0.25) is 5.91 Å². The van der Waals surface area contributed by atoms with Crippen LogP contribution in [-0.2, 0) is 21.2 Å². The predicted molar refractivity (Wildman–Crippen MR) is 141 cm³/mol. The lowest BCUT2D eigenvalue weighted by Gasteiger charge is -2.24. The lowest BCUT2D eigenvalue weighted by atomic mass is 10.1. The van der Waals surface area contributed by atoms with Crippen LogP contribution in [0.15, 0.2) is 77.7 Å². The first-order valence-corrected chi connectivity index (χ1v) is 13.3. The van der Waals surface area contributed by atoms with Crippen LogP contribution >= 0.6 is 11.6 Å². The molecule has 3 rings (SSSR count). The average molecular weight is 515 g/mol. The zero-order chi connectivity index (χ0) is 25.4. The number of nitrogens with one attached hydrogen (secondary N) is 1. The van der Waals surface area contributed by atoms with Crippen LogP contribution in [-0.4, -0.2) is 33.5 Å². The lowest BCUT2D eigenvalue weighted by molar-refractivity contribution is -0.119. The van der Waals surface area contributed by atoms with E-state index in [0.717, 1.165) is 27.6 Å². The van der Waals surface area contributed by atoms with Gasteiger partial charge in [0.25, 0.3) is 10.0 Å². The quantitative estimate of drug-likeness (QED) is 0.348. The third kappa shape index (κ3) is 7.47. The standard InChI is InChI=1S/C27H31ClN2O4S/c1-20(2)34-24-11-7-9-22(17-24)10-8-16-29-27(31)19-30(23-15-14-21(3)26(28)18-23)35(32,33)25-12-5-4-6-13-25/h4-7,9,11-15,17-18,20H,8,10,16,19H2,1-3H3,(H,29,31). The third-order valence-corrected chi connectivity index (χ3v) is 7.49. The van der Waals surface area contributed by atoms with Crippen LogP contribution in [0.4, 0.5) is 5.69 Å². The Morgan fingerprint density at radius 1 is 1.03 bits per heavy atom. The number of halogens is 1. The van der Waals surface area contributed by atoms with Gasteiger partial charge in [-0.05, 0) is 81.1 Å². The van der Waals surface area contributed by atoms with E-state index in [2.05, 4.69) is 5.32 Å². The Kier molecular flexibility index (Phi) is 9.18. The first kappa shape index (κ1) is 26.6. The van der Waals surface area contributed by atoms with Crippen molar-refractivity contribution in [3.8, 4) is 5.75 Å². The third-order valence-electron chi connectivity index (χ3n) is 5.30. The molecule has 0 unspecified atom stereocenters. The number of sulfonamides is 1. The summed E-state index contributed by atoms with van der Waals surface area (Å²) in [6, 6.07) is 20.9. The van der Waals surface area contributed by atoms with Crippen LogP contribution in [0, 0.1) is 6.92 Å². The highest BCUT2D eigenvalue weighted by Gasteiger charge is 2.27. The first-order chi connectivity index (χ1) is 16.7. The number of ether oxygens (including phenoxy) is 1. The second-order valence-corrected chi connectivity index (χ2v) is 10.8. The fourth-order valence-electron chi connectivity index (χ4n) is 3.52. The molecule has 0 radical (unpaired) electrons. The minimum Gasteiger partial charge on any atom is -0.491 e. The number of carbonyl (C=O) groups excluding carboxylic acids is 1. The SMILES string of the molecule is Cc1ccc(N(CC(=O)NCCCc2cccc(OC(C)C)c2)S(=O)(=O)c2ccccc2)cc1Cl. The van der Waals surface area contributed by atoms with Crippen molar-refractivity contribution in [3.63, 3.8) is 0 Å². The van der Waals surface area contributed by atoms with Crippen molar-refractivity contribution in [1.82, 2.24) is 5.32 Å². The molecule has 0 aliphatic carbocycles. The molecule has 186 valence electrons. The summed E-state index contributed by atoms with van der Waals surface area (Å²) in [7, 11) is -3.97. The van der Waals surface area contributed by atoms with E-state index in [0.29, 0.717) is 23.7 Å². The predicted octanol–water partition coefficient (Wildman–Crippen LogP) is 5.38. The van der Waals surface area contributed by atoms with Crippen LogP contribution in [0.5, 0.6) is 5.75 Å². The molecule has 0 fully saturated rings. The summed E-state index contributed by atoms with van der Waals surface area (Å²) < 4.78 is 33.6. The number of anilines is 1. The van der Waals surface area contributed by atoms with Crippen LogP contribution in [0.1, 0.15) is 31.4 Å². The maximum Gasteiger partial charge on any atom is 0.264 e. The van der Waals surface area contributed by atoms with Gasteiger partial charge in [-0.3, -0.25) is 9.10 Å². The number of rotatable bonds is 11. The number of aryl methyl sites for hydroxylation is 2. The van der Waals surface area contributed by atoms with Crippen molar-refractivity contribution in [2.45, 2.75) is 44.6 Å². The van der Waals surface area contributed by atoms with E-state index in [1.54, 1.807) is 36.4 Å². The molecule has 0 saturated heterocycles. The maximum atomic E-state index is 13.4. The highest BCUT2D eigenvalue weighted by atomic mass is 35.5. The summed E-state index contributed by atoms with van der Waals surface area (Å²) in [5.74, 6) is 0.429. The number of carbonyl (C=O) groups is 1. The van der Waals surface area contributed by atoms with E-state index < -0.39 is 15.9 Å². The summed E-state index contributed by atoms with van der Waals surface area (Å²) >= 11 is 6.26. The van der Waals surface area contributed by atoms with Crippen molar-refractivity contribution >= 4 is 33.2 Å². The summed E-state index contributed by atoms with van der Waals surface area (Å²) in [4.78, 5) is 12.9. The Bertz CT molecular complexity index is 1250. The van der Waals surface area contributed by atoms with Crippen molar-refractivity contribution < 1.29 is 17.9 Å². The van der Waals surface area contributed by atoms with Crippen molar-refractivity contribution in [3.05, 3.63) is 88.9 Å². The van der Waals surface area contributed by atoms with Gasteiger partial charge in [-0.1, -0.05) is 48.0 Å². The van der Waals surface area contributed by atoms with E-state index in [9.17, 15) is 13.2 Å². The van der Waals surface area contributed by atoms with Gasteiger partial charge in [0.15, 0.2) is 0 Å². The van der Waals surface area contributed by atoms with Gasteiger partial charge in [0.05, 0.1) is 16.7 Å². The van der Waals surface area contributed by atoms with Gasteiger partial charge in [0, 0.05) is 11.6 Å². The Hall–Kier alpha value is -3.03. The molecule has 6 nitrogen and oxygen atoms in total. The molecule has 1 amide bonds. The van der Waals surface area contributed by atoms with Gasteiger partial charge in [-0.2, -0.15) is 0 Å². The van der Waals surface area contributed by atoms with E-state index in [1.807, 2.05) is 45.0 Å². The van der Waals surface area contributed by atoms with E-state index >= 15 is 0 Å². The Labute approximate surface area is 212 Å². The van der Waals surface area contributed by atoms with E-state index in [1.165, 1.54) is 12.1 Å². The molecule has 0 aliphatic heterocycles. The second kappa shape index (κ2) is 12.1. The molecule has 3 aromatic rings. The van der Waals surface area contributed by atoms with Crippen LogP contribution in [0.3, 0.4) is 0 Å². The molecule has 8 heteroatoms. The van der Waals surface area contributed by atoms with Gasteiger partial charge in [0.1, 0.15) is 12.3 Å². The number of amides is 1. The monoisotopic (exact) mass is 514 g/mol. The normalized spacial score (nSPS) is 11.3. The number of nitrogens with zero attached hydrogens (tertiary/aromatic N) is 1. The molecule has 0 heterocycles. The number of hydrogen-bond acceptors (Lipinski definition) is 4. The molecular weight excluding hydrogens is 484 g/mol. The first-order valence-electron chi connectivity index (χ1n) is 11.5. The highest BCUT2D eigenvalue weighted by molar-refractivity contribution is 7.92. The van der Waals surface area contributed by atoms with Crippen molar-refractivity contribution in [1.29, 1.82) is 0 Å². The molecule has 0 atom stereocenters. The van der Waals surface area contributed by atoms with Crippen LogP contribution in [0.2, 0.25) is 5.02 Å². The Morgan fingerprint density at radius 2 is 1.77 bits per heavy atom. The van der Waals surface area contributed by atoms with E-state index in [-0.39, 0.29) is 17.5 Å². The zero-order valence-electron chi connectivity index (χ0n) is 20.2. The minimum atomic E-state index is -3.97. The average Bonchev–Trinajstić information content (AvgIpc) is 2.82. The smallest absolute Gasteiger partial charge is 0.264 e. The zero-order valence-corrected chi connectivity index (χ0v) is 21.8. The lowest BCUT2D eigenvalue weighted by Crippen LogP contribution is -2.41. The molecule has 3 aromatic carbocycles. The maximum absolute atomic E-state index is 13.4. The number of hydrogen-bond donors (Lipinski definition) is 1. The molecule has 0 aromatic heterocycles. The minimum absolute atomic E-state index is 0.100. The van der Waals surface area contributed by atoms with Gasteiger partial charge in [-0.25, -0.2) is 8.42 Å². The molecular formula is C27H31ClN2O4S.